The van der Waals surface area contributed by atoms with Crippen LogP contribution in [0, 0.1) is 5.92 Å². The molecule has 2 aliphatic rings. The molecule has 1 aliphatic heterocycles. The van der Waals surface area contributed by atoms with Gasteiger partial charge in [-0.1, -0.05) is 18.2 Å². The Labute approximate surface area is 152 Å². The van der Waals surface area contributed by atoms with Crippen molar-refractivity contribution in [2.45, 2.75) is 45.3 Å². The van der Waals surface area contributed by atoms with Crippen molar-refractivity contribution in [2.24, 2.45) is 5.92 Å². The zero-order chi connectivity index (χ0) is 19.3. The van der Waals surface area contributed by atoms with Crippen LogP contribution in [-0.4, -0.2) is 42.1 Å². The maximum absolute atomic E-state index is 12.3. The first-order valence-corrected chi connectivity index (χ1v) is 8.57. The van der Waals surface area contributed by atoms with E-state index in [2.05, 4.69) is 6.58 Å². The fraction of sp³-hybridized carbons (Fsp3) is 0.450. The van der Waals surface area contributed by atoms with Crippen LogP contribution < -0.4 is 0 Å². The van der Waals surface area contributed by atoms with Crippen molar-refractivity contribution in [2.75, 3.05) is 6.61 Å². The number of esters is 2. The van der Waals surface area contributed by atoms with Crippen LogP contribution in [0.2, 0.25) is 0 Å². The van der Waals surface area contributed by atoms with Gasteiger partial charge >= 0.3 is 11.9 Å². The Morgan fingerprint density at radius 3 is 2.88 bits per heavy atom. The molecule has 0 spiro atoms. The molecule has 0 saturated carbocycles. The molecule has 0 bridgehead atoms. The normalized spacial score (nSPS) is 29.0. The smallest absolute Gasteiger partial charge is 0.334 e. The first-order chi connectivity index (χ1) is 12.4. The molecule has 3 atom stereocenters. The number of aliphatic hydroxyl groups is 1. The number of hydrogen-bond acceptors (Lipinski definition) is 6. The maximum Gasteiger partial charge on any atom is 0.334 e. The molecule has 1 aliphatic carbocycles. The van der Waals surface area contributed by atoms with Crippen molar-refractivity contribution in [1.82, 2.24) is 0 Å². The number of rotatable bonds is 4. The highest BCUT2D eigenvalue weighted by Gasteiger charge is 2.44. The number of aldehydes is 1. The van der Waals surface area contributed by atoms with Crippen molar-refractivity contribution in [3.63, 3.8) is 0 Å². The molecule has 0 amide bonds. The van der Waals surface area contributed by atoms with Gasteiger partial charge in [0, 0.05) is 17.6 Å². The van der Waals surface area contributed by atoms with Crippen LogP contribution in [0.3, 0.4) is 0 Å². The Bertz CT molecular complexity index is 697. The third-order valence-electron chi connectivity index (χ3n) is 4.62. The van der Waals surface area contributed by atoms with Gasteiger partial charge in [0.05, 0.1) is 12.5 Å². The Morgan fingerprint density at radius 2 is 2.23 bits per heavy atom. The number of carbonyl (C=O) groups excluding carboxylic acids is 3. The Kier molecular flexibility index (Phi) is 6.69. The molecule has 0 aromatic rings. The molecule has 2 rings (SSSR count). The van der Waals surface area contributed by atoms with Gasteiger partial charge in [0.2, 0.25) is 0 Å². The largest absolute Gasteiger partial charge is 0.458 e. The van der Waals surface area contributed by atoms with Gasteiger partial charge in [-0.2, -0.15) is 0 Å². The summed E-state index contributed by atoms with van der Waals surface area (Å²) in [5.74, 6) is -1.70. The fourth-order valence-corrected chi connectivity index (χ4v) is 3.13. The van der Waals surface area contributed by atoms with Crippen molar-refractivity contribution in [3.05, 3.63) is 47.1 Å². The first kappa shape index (κ1) is 19.8. The average molecular weight is 360 g/mol. The summed E-state index contributed by atoms with van der Waals surface area (Å²) in [6, 6.07) is 0. The van der Waals surface area contributed by atoms with E-state index in [0.29, 0.717) is 12.0 Å². The molecule has 6 nitrogen and oxygen atoms in total. The number of hydrogen-bond donors (Lipinski definition) is 1. The van der Waals surface area contributed by atoms with E-state index in [9.17, 15) is 14.4 Å². The topological polar surface area (TPSA) is 89.9 Å². The summed E-state index contributed by atoms with van der Waals surface area (Å²) in [7, 11) is 0. The second-order valence-corrected chi connectivity index (χ2v) is 6.59. The summed E-state index contributed by atoms with van der Waals surface area (Å²) in [6.45, 7) is 6.98. The molecule has 6 heteroatoms. The molecule has 0 aromatic heterocycles. The lowest BCUT2D eigenvalue weighted by atomic mass is 9.85. The van der Waals surface area contributed by atoms with Gasteiger partial charge in [-0.15, -0.1) is 0 Å². The molecule has 0 unspecified atom stereocenters. The predicted molar refractivity (Wildman–Crippen MR) is 95.0 cm³/mol. The lowest BCUT2D eigenvalue weighted by molar-refractivity contribution is -0.147. The zero-order valence-electron chi connectivity index (χ0n) is 15.1. The molecular formula is C20H24O6. The predicted octanol–water partition coefficient (Wildman–Crippen LogP) is 2.19. The number of aliphatic hydroxyl groups excluding tert-OH is 1. The summed E-state index contributed by atoms with van der Waals surface area (Å²) < 4.78 is 11.0. The fourth-order valence-electron chi connectivity index (χ4n) is 3.13. The Morgan fingerprint density at radius 1 is 1.50 bits per heavy atom. The third kappa shape index (κ3) is 4.58. The standard InChI is InChI=1S/C20H24O6/c1-12-5-4-6-15(11-22)10-17(25-19(23)13(2)7-8-21)18-14(3)20(24)26-16(18)9-12/h6-7,9,11,16-18,21H,3-5,8,10H2,1-2H3/b12-9+,13-7+,15-6?/t16-,17-,18+/m1/s1. The second kappa shape index (κ2) is 8.76. The number of ether oxygens (including phenoxy) is 2. The minimum atomic E-state index is -0.771. The molecule has 140 valence electrons. The minimum Gasteiger partial charge on any atom is -0.458 e. The number of allylic oxidation sites excluding steroid dienone is 2. The van der Waals surface area contributed by atoms with Gasteiger partial charge in [0.15, 0.2) is 0 Å². The molecule has 1 saturated heterocycles. The first-order valence-electron chi connectivity index (χ1n) is 8.57. The zero-order valence-corrected chi connectivity index (χ0v) is 15.1. The quantitative estimate of drug-likeness (QED) is 0.358. The lowest BCUT2D eigenvalue weighted by Gasteiger charge is -2.27. The van der Waals surface area contributed by atoms with Gasteiger partial charge in [-0.25, -0.2) is 9.59 Å². The van der Waals surface area contributed by atoms with Gasteiger partial charge in [0.1, 0.15) is 18.5 Å². The lowest BCUT2D eigenvalue weighted by Crippen LogP contribution is -2.34. The van der Waals surface area contributed by atoms with Gasteiger partial charge in [-0.05, 0) is 44.4 Å². The van der Waals surface area contributed by atoms with E-state index in [1.54, 1.807) is 0 Å². The summed E-state index contributed by atoms with van der Waals surface area (Å²) >= 11 is 0. The molecule has 1 N–H and O–H groups in total. The van der Waals surface area contributed by atoms with E-state index in [1.165, 1.54) is 13.0 Å². The van der Waals surface area contributed by atoms with E-state index in [0.717, 1.165) is 18.3 Å². The van der Waals surface area contributed by atoms with E-state index in [1.807, 2.05) is 19.1 Å². The molecule has 26 heavy (non-hydrogen) atoms. The molecule has 1 fully saturated rings. The van der Waals surface area contributed by atoms with Crippen LogP contribution in [0.25, 0.3) is 0 Å². The third-order valence-corrected chi connectivity index (χ3v) is 4.62. The number of fused-ring (bicyclic) bond motifs is 1. The van der Waals surface area contributed by atoms with Crippen LogP contribution in [0.1, 0.15) is 33.1 Å². The van der Waals surface area contributed by atoms with E-state index >= 15 is 0 Å². The van der Waals surface area contributed by atoms with Gasteiger partial charge < -0.3 is 14.6 Å². The van der Waals surface area contributed by atoms with Crippen molar-refractivity contribution < 1.29 is 29.0 Å². The molecule has 0 radical (unpaired) electrons. The minimum absolute atomic E-state index is 0.172. The van der Waals surface area contributed by atoms with Crippen molar-refractivity contribution >= 4 is 18.2 Å². The van der Waals surface area contributed by atoms with Crippen LogP contribution in [0.15, 0.2) is 47.1 Å². The summed E-state index contributed by atoms with van der Waals surface area (Å²) in [5.41, 5.74) is 2.01. The van der Waals surface area contributed by atoms with E-state index < -0.39 is 30.1 Å². The number of carbonyl (C=O) groups is 3. The van der Waals surface area contributed by atoms with E-state index in [4.69, 9.17) is 14.6 Å². The van der Waals surface area contributed by atoms with E-state index in [-0.39, 0.29) is 24.2 Å². The average Bonchev–Trinajstić information content (AvgIpc) is 2.86. The maximum atomic E-state index is 12.3. The Balaban J connectivity index is 2.40. The highest BCUT2D eigenvalue weighted by atomic mass is 16.6. The Hall–Kier alpha value is -2.47. The van der Waals surface area contributed by atoms with Crippen molar-refractivity contribution in [1.29, 1.82) is 0 Å². The molecule has 0 aromatic carbocycles. The van der Waals surface area contributed by atoms with Gasteiger partial charge in [-0.3, -0.25) is 4.79 Å². The second-order valence-electron chi connectivity index (χ2n) is 6.59. The van der Waals surface area contributed by atoms with Crippen molar-refractivity contribution in [3.8, 4) is 0 Å². The highest BCUT2D eigenvalue weighted by Crippen LogP contribution is 2.36. The summed E-state index contributed by atoms with van der Waals surface area (Å²) in [4.78, 5) is 35.8. The SMILES string of the molecule is C=C1C(=O)O[C@@H]2/C=C(\C)CCC=C(C=O)C[C@@H](OC(=O)/C(C)=C/CO)[C@@H]12. The molecule has 1 heterocycles. The summed E-state index contributed by atoms with van der Waals surface area (Å²) in [5, 5.41) is 8.95. The molecular weight excluding hydrogens is 336 g/mol. The highest BCUT2D eigenvalue weighted by molar-refractivity contribution is 5.92. The van der Waals surface area contributed by atoms with Crippen LogP contribution in [0.5, 0.6) is 0 Å². The van der Waals surface area contributed by atoms with Gasteiger partial charge in [0.25, 0.3) is 0 Å². The van der Waals surface area contributed by atoms with Crippen LogP contribution in [0.4, 0.5) is 0 Å². The van der Waals surface area contributed by atoms with Crippen LogP contribution >= 0.6 is 0 Å². The summed E-state index contributed by atoms with van der Waals surface area (Å²) in [6.07, 6.45) is 6.00. The van der Waals surface area contributed by atoms with Crippen LogP contribution in [-0.2, 0) is 23.9 Å². The monoisotopic (exact) mass is 360 g/mol.